The van der Waals surface area contributed by atoms with Crippen LogP contribution in [0.15, 0.2) is 18.2 Å². The van der Waals surface area contributed by atoms with E-state index in [0.717, 1.165) is 0 Å². The second-order valence-electron chi connectivity index (χ2n) is 8.13. The summed E-state index contributed by atoms with van der Waals surface area (Å²) in [6.07, 6.45) is -0.326. The number of nitrogens with zero attached hydrogens (tertiary/aromatic N) is 3. The molecule has 0 N–H and O–H groups in total. The maximum atomic E-state index is 12.2. The first-order valence-electron chi connectivity index (χ1n) is 9.44. The van der Waals surface area contributed by atoms with Crippen molar-refractivity contribution in [2.75, 3.05) is 26.2 Å². The quantitative estimate of drug-likeness (QED) is 0.563. The Morgan fingerprint density at radius 2 is 1.76 bits per heavy atom. The highest BCUT2D eigenvalue weighted by molar-refractivity contribution is 6.21. The fraction of sp³-hybridized carbons (Fsp3) is 0.450. The van der Waals surface area contributed by atoms with E-state index >= 15 is 0 Å². The third-order valence-corrected chi connectivity index (χ3v) is 4.88. The number of esters is 2. The molecule has 4 rings (SSSR count). The zero-order valence-corrected chi connectivity index (χ0v) is 16.9. The summed E-state index contributed by atoms with van der Waals surface area (Å²) in [5.41, 5.74) is 0.742. The number of hydroxylamine groups is 2. The van der Waals surface area contributed by atoms with Crippen LogP contribution in [0.2, 0.25) is 0 Å². The molecule has 2 aliphatic rings. The molecule has 9 heteroatoms. The zero-order valence-electron chi connectivity index (χ0n) is 16.9. The highest BCUT2D eigenvalue weighted by atomic mass is 16.7. The van der Waals surface area contributed by atoms with E-state index in [9.17, 15) is 14.4 Å². The lowest BCUT2D eigenvalue weighted by molar-refractivity contribution is -0.0888. The predicted octanol–water partition coefficient (Wildman–Crippen LogP) is 2.34. The molecule has 1 amide bonds. The summed E-state index contributed by atoms with van der Waals surface area (Å²) in [4.78, 5) is 43.6. The number of amides is 1. The molecule has 0 saturated carbocycles. The van der Waals surface area contributed by atoms with Crippen LogP contribution in [-0.4, -0.2) is 64.3 Å². The number of piperazine rings is 1. The minimum Gasteiger partial charge on any atom is -0.444 e. The van der Waals surface area contributed by atoms with Crippen molar-refractivity contribution >= 4 is 28.9 Å². The summed E-state index contributed by atoms with van der Waals surface area (Å²) in [6.45, 7) is 7.58. The first-order chi connectivity index (χ1) is 13.6. The van der Waals surface area contributed by atoms with Gasteiger partial charge < -0.3 is 23.8 Å². The topological polar surface area (TPSA) is 90.3 Å². The van der Waals surface area contributed by atoms with Crippen molar-refractivity contribution in [1.29, 1.82) is 0 Å². The van der Waals surface area contributed by atoms with Gasteiger partial charge in [-0.25, -0.2) is 14.4 Å². The number of fused-ring (bicyclic) bond motifs is 3. The van der Waals surface area contributed by atoms with Gasteiger partial charge in [0, 0.05) is 31.6 Å². The van der Waals surface area contributed by atoms with Crippen LogP contribution in [0.3, 0.4) is 0 Å². The van der Waals surface area contributed by atoms with Crippen LogP contribution in [0, 0.1) is 0 Å². The number of hydrogen-bond acceptors (Lipinski definition) is 7. The molecule has 1 saturated heterocycles. The number of aryl methyl sites for hydroxylation is 1. The van der Waals surface area contributed by atoms with Crippen LogP contribution in [0.25, 0.3) is 10.9 Å². The number of aromatic nitrogens is 1. The van der Waals surface area contributed by atoms with Crippen molar-refractivity contribution in [3.05, 3.63) is 29.5 Å². The van der Waals surface area contributed by atoms with E-state index in [1.165, 1.54) is 0 Å². The number of benzene rings is 1. The predicted molar refractivity (Wildman–Crippen MR) is 103 cm³/mol. The number of hydrogen-bond donors (Lipinski definition) is 0. The molecule has 1 fully saturated rings. The van der Waals surface area contributed by atoms with Crippen molar-refractivity contribution < 1.29 is 28.7 Å². The smallest absolute Gasteiger partial charge is 0.410 e. The van der Waals surface area contributed by atoms with Gasteiger partial charge >= 0.3 is 18.0 Å². The molecule has 0 radical (unpaired) electrons. The van der Waals surface area contributed by atoms with Gasteiger partial charge in [0.15, 0.2) is 0 Å². The van der Waals surface area contributed by atoms with E-state index in [0.29, 0.717) is 48.4 Å². The minimum atomic E-state index is -0.635. The third kappa shape index (κ3) is 3.53. The Balaban J connectivity index is 1.45. The second kappa shape index (κ2) is 6.77. The van der Waals surface area contributed by atoms with Gasteiger partial charge in [0.05, 0.1) is 18.6 Å². The Morgan fingerprint density at radius 3 is 2.41 bits per heavy atom. The Hall–Kier alpha value is -3.07. The molecule has 0 aliphatic carbocycles. The average molecular weight is 401 g/mol. The van der Waals surface area contributed by atoms with E-state index in [1.807, 2.05) is 20.8 Å². The molecule has 2 aromatic rings. The van der Waals surface area contributed by atoms with Gasteiger partial charge in [-0.15, -0.1) is 5.06 Å². The highest BCUT2D eigenvalue weighted by Crippen LogP contribution is 2.33. The number of rotatable bonds is 2. The molecule has 0 bridgehead atoms. The van der Waals surface area contributed by atoms with Crippen molar-refractivity contribution in [2.24, 2.45) is 7.05 Å². The molecule has 29 heavy (non-hydrogen) atoms. The van der Waals surface area contributed by atoms with Crippen LogP contribution < -0.4 is 4.84 Å². The summed E-state index contributed by atoms with van der Waals surface area (Å²) in [6, 6.07) is 5.29. The molecule has 3 heterocycles. The van der Waals surface area contributed by atoms with Crippen molar-refractivity contribution in [2.45, 2.75) is 26.4 Å². The van der Waals surface area contributed by atoms with Gasteiger partial charge in [-0.05, 0) is 32.9 Å². The van der Waals surface area contributed by atoms with Gasteiger partial charge in [-0.3, -0.25) is 0 Å². The Bertz CT molecular complexity index is 1010. The lowest BCUT2D eigenvalue weighted by Gasteiger charge is -2.34. The van der Waals surface area contributed by atoms with Gasteiger partial charge in [0.25, 0.3) is 0 Å². The van der Waals surface area contributed by atoms with Gasteiger partial charge in [-0.2, -0.15) is 0 Å². The van der Waals surface area contributed by atoms with E-state index < -0.39 is 17.5 Å². The number of cyclic esters (lactones) is 2. The Kier molecular flexibility index (Phi) is 4.49. The lowest BCUT2D eigenvalue weighted by atomic mass is 10.1. The Morgan fingerprint density at radius 1 is 1.07 bits per heavy atom. The molecule has 154 valence electrons. The maximum absolute atomic E-state index is 12.2. The van der Waals surface area contributed by atoms with Crippen molar-refractivity contribution in [1.82, 2.24) is 14.5 Å². The van der Waals surface area contributed by atoms with Crippen LogP contribution in [0.4, 0.5) is 4.79 Å². The van der Waals surface area contributed by atoms with Crippen LogP contribution in [-0.2, 0) is 16.5 Å². The van der Waals surface area contributed by atoms with Crippen LogP contribution in [0.5, 0.6) is 5.75 Å². The largest absolute Gasteiger partial charge is 0.444 e. The fourth-order valence-corrected chi connectivity index (χ4v) is 3.54. The summed E-state index contributed by atoms with van der Waals surface area (Å²) >= 11 is 0. The van der Waals surface area contributed by atoms with E-state index in [2.05, 4.69) is 0 Å². The maximum Gasteiger partial charge on any atom is 0.410 e. The first-order valence-corrected chi connectivity index (χ1v) is 9.44. The number of ether oxygens (including phenoxy) is 2. The van der Waals surface area contributed by atoms with Gasteiger partial charge in [0.2, 0.25) is 0 Å². The SMILES string of the molecule is Cn1c2c(c3ccc(ON4CCN(C(=O)OC(C)(C)C)CC4)cc31)C(=O)OC2=O. The highest BCUT2D eigenvalue weighted by Gasteiger charge is 2.36. The molecule has 0 unspecified atom stereocenters. The fourth-order valence-electron chi connectivity index (χ4n) is 3.54. The molecule has 1 aromatic carbocycles. The molecular weight excluding hydrogens is 378 g/mol. The summed E-state index contributed by atoms with van der Waals surface area (Å²) < 4.78 is 11.7. The summed E-state index contributed by atoms with van der Waals surface area (Å²) in [7, 11) is 1.71. The molecule has 2 aliphatic heterocycles. The average Bonchev–Trinajstić information content (AvgIpc) is 3.10. The molecule has 0 atom stereocenters. The lowest BCUT2D eigenvalue weighted by Crippen LogP contribution is -2.50. The van der Waals surface area contributed by atoms with E-state index in [1.54, 1.807) is 39.8 Å². The van der Waals surface area contributed by atoms with Gasteiger partial charge in [-0.1, -0.05) is 0 Å². The second-order valence-corrected chi connectivity index (χ2v) is 8.13. The monoisotopic (exact) mass is 401 g/mol. The summed E-state index contributed by atoms with van der Waals surface area (Å²) in [5, 5.41) is 2.43. The zero-order chi connectivity index (χ0) is 20.9. The van der Waals surface area contributed by atoms with Crippen LogP contribution in [0.1, 0.15) is 41.6 Å². The first kappa shape index (κ1) is 19.3. The van der Waals surface area contributed by atoms with E-state index in [4.69, 9.17) is 14.3 Å². The number of carbonyl (C=O) groups excluding carboxylic acids is 3. The molecule has 9 nitrogen and oxygen atoms in total. The third-order valence-electron chi connectivity index (χ3n) is 4.88. The molecule has 1 aromatic heterocycles. The molecular formula is C20H23N3O6. The van der Waals surface area contributed by atoms with Crippen molar-refractivity contribution in [3.63, 3.8) is 0 Å². The van der Waals surface area contributed by atoms with E-state index in [-0.39, 0.29) is 11.8 Å². The normalized spacial score (nSPS) is 17.4. The minimum absolute atomic E-state index is 0.258. The van der Waals surface area contributed by atoms with Gasteiger partial charge in [0.1, 0.15) is 22.6 Å². The Labute approximate surface area is 167 Å². The standard InChI is InChI=1S/C20H23N3O6/c1-20(2,3)28-19(26)22-7-9-23(10-8-22)29-12-5-6-13-14(11-12)21(4)16-15(13)17(24)27-18(16)25/h5-6,11H,7-10H2,1-4H3. The molecule has 0 spiro atoms. The summed E-state index contributed by atoms with van der Waals surface area (Å²) in [5.74, 6) is -0.671. The number of carbonyl (C=O) groups is 3. The van der Waals surface area contributed by atoms with Crippen molar-refractivity contribution in [3.8, 4) is 5.75 Å². The van der Waals surface area contributed by atoms with Crippen LogP contribution >= 0.6 is 0 Å².